The molecule has 0 aromatic heterocycles. The molecule has 0 aliphatic carbocycles. The fraction of sp³-hybridized carbons (Fsp3) is 0.409. The smallest absolute Gasteiger partial charge is 0.315 e. The van der Waals surface area contributed by atoms with Gasteiger partial charge in [-0.15, -0.1) is 0 Å². The van der Waals surface area contributed by atoms with Crippen LogP contribution in [0, 0.1) is 0 Å². The van der Waals surface area contributed by atoms with E-state index in [1.165, 1.54) is 5.56 Å². The lowest BCUT2D eigenvalue weighted by Gasteiger charge is -2.33. The van der Waals surface area contributed by atoms with Gasteiger partial charge in [0.1, 0.15) is 0 Å². The monoisotopic (exact) mass is 367 g/mol. The number of nitrogens with one attached hydrogen (secondary N) is 2. The average molecular weight is 367 g/mol. The van der Waals surface area contributed by atoms with E-state index >= 15 is 0 Å². The zero-order valence-corrected chi connectivity index (χ0v) is 15.7. The SMILES string of the molecule is O=C(N[C@H](CO)Cc1ccccc1)N[C@H]1CCCN(Cc2ccccc2)C1. The number of likely N-dealkylation sites (tertiary alicyclic amines) is 1. The largest absolute Gasteiger partial charge is 0.394 e. The van der Waals surface area contributed by atoms with Crippen LogP contribution in [0.2, 0.25) is 0 Å². The van der Waals surface area contributed by atoms with Gasteiger partial charge in [-0.1, -0.05) is 60.7 Å². The highest BCUT2D eigenvalue weighted by atomic mass is 16.3. The van der Waals surface area contributed by atoms with Gasteiger partial charge in [-0.25, -0.2) is 4.79 Å². The van der Waals surface area contributed by atoms with E-state index in [1.54, 1.807) is 0 Å². The molecule has 0 saturated carbocycles. The van der Waals surface area contributed by atoms with Gasteiger partial charge >= 0.3 is 6.03 Å². The molecule has 5 heteroatoms. The van der Waals surface area contributed by atoms with Crippen LogP contribution in [0.5, 0.6) is 0 Å². The number of hydrogen-bond acceptors (Lipinski definition) is 3. The van der Waals surface area contributed by atoms with Crippen LogP contribution < -0.4 is 10.6 Å². The molecule has 0 unspecified atom stereocenters. The lowest BCUT2D eigenvalue weighted by molar-refractivity contribution is 0.176. The number of aliphatic hydroxyl groups excluding tert-OH is 1. The van der Waals surface area contributed by atoms with Crippen LogP contribution in [0.25, 0.3) is 0 Å². The molecule has 1 aliphatic heterocycles. The van der Waals surface area contributed by atoms with E-state index in [4.69, 9.17) is 0 Å². The summed E-state index contributed by atoms with van der Waals surface area (Å²) in [6, 6.07) is 20.0. The Balaban J connectivity index is 1.46. The van der Waals surface area contributed by atoms with Crippen molar-refractivity contribution in [1.29, 1.82) is 0 Å². The molecule has 5 nitrogen and oxygen atoms in total. The maximum Gasteiger partial charge on any atom is 0.315 e. The number of amides is 2. The first-order valence-corrected chi connectivity index (χ1v) is 9.71. The summed E-state index contributed by atoms with van der Waals surface area (Å²) in [6.07, 6.45) is 2.68. The number of rotatable bonds is 7. The minimum absolute atomic E-state index is 0.0763. The van der Waals surface area contributed by atoms with Gasteiger partial charge in [-0.05, 0) is 36.9 Å². The molecular formula is C22H29N3O2. The normalized spacial score (nSPS) is 18.6. The van der Waals surface area contributed by atoms with Crippen molar-refractivity contribution < 1.29 is 9.90 Å². The third kappa shape index (κ3) is 6.38. The molecule has 2 atom stereocenters. The van der Waals surface area contributed by atoms with Crippen LogP contribution in [0.15, 0.2) is 60.7 Å². The lowest BCUT2D eigenvalue weighted by Crippen LogP contribution is -2.52. The van der Waals surface area contributed by atoms with Crippen molar-refractivity contribution >= 4 is 6.03 Å². The summed E-state index contributed by atoms with van der Waals surface area (Å²) in [4.78, 5) is 14.8. The molecule has 27 heavy (non-hydrogen) atoms. The van der Waals surface area contributed by atoms with Gasteiger partial charge in [-0.3, -0.25) is 4.90 Å². The van der Waals surface area contributed by atoms with E-state index in [2.05, 4.69) is 39.8 Å². The fourth-order valence-electron chi connectivity index (χ4n) is 3.63. The Bertz CT molecular complexity index is 693. The molecule has 1 heterocycles. The molecule has 2 aromatic carbocycles. The van der Waals surface area contributed by atoms with E-state index in [0.29, 0.717) is 6.42 Å². The Kier molecular flexibility index (Phi) is 7.25. The average Bonchev–Trinajstić information content (AvgIpc) is 2.69. The second-order valence-electron chi connectivity index (χ2n) is 7.25. The van der Waals surface area contributed by atoms with Crippen LogP contribution in [0.3, 0.4) is 0 Å². The predicted octanol–water partition coefficient (Wildman–Crippen LogP) is 2.55. The van der Waals surface area contributed by atoms with E-state index in [0.717, 1.165) is 38.0 Å². The Morgan fingerprint density at radius 3 is 2.41 bits per heavy atom. The van der Waals surface area contributed by atoms with Crippen LogP contribution in [0.4, 0.5) is 4.79 Å². The third-order valence-corrected chi connectivity index (χ3v) is 4.97. The summed E-state index contributed by atoms with van der Waals surface area (Å²) in [5.41, 5.74) is 2.40. The summed E-state index contributed by atoms with van der Waals surface area (Å²) < 4.78 is 0. The van der Waals surface area contributed by atoms with Crippen molar-refractivity contribution in [2.75, 3.05) is 19.7 Å². The zero-order valence-electron chi connectivity index (χ0n) is 15.7. The highest BCUT2D eigenvalue weighted by Gasteiger charge is 2.22. The van der Waals surface area contributed by atoms with Gasteiger partial charge in [0, 0.05) is 19.1 Å². The summed E-state index contributed by atoms with van der Waals surface area (Å²) in [5, 5.41) is 15.6. The van der Waals surface area contributed by atoms with Crippen LogP contribution in [-0.4, -0.2) is 47.8 Å². The highest BCUT2D eigenvalue weighted by Crippen LogP contribution is 2.13. The molecule has 2 amide bonds. The molecular weight excluding hydrogens is 338 g/mol. The van der Waals surface area contributed by atoms with Crippen LogP contribution in [0.1, 0.15) is 24.0 Å². The van der Waals surface area contributed by atoms with Crippen LogP contribution >= 0.6 is 0 Å². The molecule has 2 aromatic rings. The number of benzene rings is 2. The van der Waals surface area contributed by atoms with E-state index < -0.39 is 0 Å². The second kappa shape index (κ2) is 10.1. The van der Waals surface area contributed by atoms with Gasteiger partial charge in [0.15, 0.2) is 0 Å². The predicted molar refractivity (Wildman–Crippen MR) is 107 cm³/mol. The minimum Gasteiger partial charge on any atom is -0.394 e. The molecule has 1 saturated heterocycles. The van der Waals surface area contributed by atoms with Crippen molar-refractivity contribution in [3.63, 3.8) is 0 Å². The number of carbonyl (C=O) groups excluding carboxylic acids is 1. The molecule has 144 valence electrons. The quantitative estimate of drug-likeness (QED) is 0.705. The first kappa shape index (κ1) is 19.4. The zero-order chi connectivity index (χ0) is 18.9. The van der Waals surface area contributed by atoms with Crippen LogP contribution in [-0.2, 0) is 13.0 Å². The van der Waals surface area contributed by atoms with Gasteiger partial charge < -0.3 is 15.7 Å². The molecule has 1 fully saturated rings. The van der Waals surface area contributed by atoms with Crippen molar-refractivity contribution in [1.82, 2.24) is 15.5 Å². The van der Waals surface area contributed by atoms with Gasteiger partial charge in [0.05, 0.1) is 12.6 Å². The fourth-order valence-corrected chi connectivity index (χ4v) is 3.63. The molecule has 1 aliphatic rings. The summed E-state index contributed by atoms with van der Waals surface area (Å²) >= 11 is 0. The maximum atomic E-state index is 12.4. The van der Waals surface area contributed by atoms with E-state index in [1.807, 2.05) is 36.4 Å². The molecule has 0 radical (unpaired) electrons. The van der Waals surface area contributed by atoms with Gasteiger partial charge in [0.2, 0.25) is 0 Å². The Morgan fingerprint density at radius 1 is 1.07 bits per heavy atom. The topological polar surface area (TPSA) is 64.6 Å². The lowest BCUT2D eigenvalue weighted by atomic mass is 10.0. The third-order valence-electron chi connectivity index (χ3n) is 4.97. The molecule has 0 spiro atoms. The Labute approximate surface area is 161 Å². The van der Waals surface area contributed by atoms with Crippen molar-refractivity contribution in [3.05, 3.63) is 71.8 Å². The first-order valence-electron chi connectivity index (χ1n) is 9.71. The van der Waals surface area contributed by atoms with Gasteiger partial charge in [0.25, 0.3) is 0 Å². The maximum absolute atomic E-state index is 12.4. The van der Waals surface area contributed by atoms with Crippen molar-refractivity contribution in [2.24, 2.45) is 0 Å². The molecule has 0 bridgehead atoms. The number of nitrogens with zero attached hydrogens (tertiary/aromatic N) is 1. The number of aliphatic hydroxyl groups is 1. The van der Waals surface area contributed by atoms with E-state index in [-0.39, 0.29) is 24.7 Å². The Hall–Kier alpha value is -2.37. The highest BCUT2D eigenvalue weighted by molar-refractivity contribution is 5.74. The number of hydrogen-bond donors (Lipinski definition) is 3. The van der Waals surface area contributed by atoms with Crippen molar-refractivity contribution in [2.45, 2.75) is 37.9 Å². The first-order chi connectivity index (χ1) is 13.2. The summed E-state index contributed by atoms with van der Waals surface area (Å²) in [7, 11) is 0. The summed E-state index contributed by atoms with van der Waals surface area (Å²) in [5.74, 6) is 0. The van der Waals surface area contributed by atoms with Gasteiger partial charge in [-0.2, -0.15) is 0 Å². The Morgan fingerprint density at radius 2 is 1.74 bits per heavy atom. The second-order valence-corrected chi connectivity index (χ2v) is 7.25. The minimum atomic E-state index is -0.281. The summed E-state index contributed by atoms with van der Waals surface area (Å²) in [6.45, 7) is 2.74. The molecule has 3 N–H and O–H groups in total. The standard InChI is InChI=1S/C22H29N3O2/c26-17-21(14-18-8-3-1-4-9-18)24-22(27)23-20-12-7-13-25(16-20)15-19-10-5-2-6-11-19/h1-6,8-11,20-21,26H,7,12-17H2,(H2,23,24,27)/t20-,21-/m0/s1. The number of piperidine rings is 1. The number of carbonyl (C=O) groups is 1. The van der Waals surface area contributed by atoms with E-state index in [9.17, 15) is 9.90 Å². The number of urea groups is 1. The molecule has 3 rings (SSSR count). The van der Waals surface area contributed by atoms with Crippen molar-refractivity contribution in [3.8, 4) is 0 Å².